The quantitative estimate of drug-likeness (QED) is 0.459. The maximum absolute atomic E-state index is 8.00. The number of carbonyl (C=O) groups excluding carboxylic acids is 1. The number of nitrogens with zero attached hydrogens (tertiary/aromatic N) is 5. The Labute approximate surface area is 105 Å². The van der Waals surface area contributed by atoms with Crippen molar-refractivity contribution in [1.82, 2.24) is 0 Å². The standard InChI is InChI=1S/5CN.CH2O.2Fe/c6*1-2;;/h;;;;;1H2;;/q5*-1;;+2;+3. The van der Waals surface area contributed by atoms with Crippen molar-refractivity contribution in [2.75, 3.05) is 0 Å². The molecule has 0 aliphatic carbocycles. The van der Waals surface area contributed by atoms with Crippen molar-refractivity contribution in [3.63, 3.8) is 0 Å². The minimum absolute atomic E-state index is 0. The Morgan fingerprint density at radius 3 is 0.571 bits per heavy atom. The molecule has 0 spiro atoms. The summed E-state index contributed by atoms with van der Waals surface area (Å²) in [5.74, 6) is 0. The Hall–Kier alpha value is -1.84. The fourth-order valence-corrected chi connectivity index (χ4v) is 0. The van der Waals surface area contributed by atoms with E-state index in [0.29, 0.717) is 0 Å². The summed E-state index contributed by atoms with van der Waals surface area (Å²) in [4.78, 5) is 8.00. The molecule has 0 heterocycles. The topological polar surface area (TPSA) is 136 Å². The third kappa shape index (κ3) is 251. The van der Waals surface area contributed by atoms with Crippen molar-refractivity contribution in [2.45, 2.75) is 0 Å². The Balaban J connectivity index is -0.00000000500. The molecule has 0 aliphatic rings. The number of hydrogen-bond donors (Lipinski definition) is 0. The summed E-state index contributed by atoms with van der Waals surface area (Å²) in [7, 11) is 0. The van der Waals surface area contributed by atoms with Gasteiger partial charge in [-0.2, -0.15) is 0 Å². The van der Waals surface area contributed by atoms with Crippen molar-refractivity contribution in [2.24, 2.45) is 0 Å². The van der Waals surface area contributed by atoms with Crippen molar-refractivity contribution < 1.29 is 38.9 Å². The third-order valence-corrected chi connectivity index (χ3v) is 0. The molecule has 0 bridgehead atoms. The van der Waals surface area contributed by atoms with E-state index in [1.807, 2.05) is 6.79 Å². The van der Waals surface area contributed by atoms with Crippen LogP contribution >= 0.6 is 0 Å². The molecule has 0 aromatic heterocycles. The van der Waals surface area contributed by atoms with Crippen molar-refractivity contribution in [1.29, 1.82) is 26.3 Å². The van der Waals surface area contributed by atoms with E-state index in [0.717, 1.165) is 0 Å². The van der Waals surface area contributed by atoms with Gasteiger partial charge in [-0.3, -0.25) is 0 Å². The molecule has 1 radical (unpaired) electrons. The molecular formula is C6H2Fe2N5O. The molecule has 0 aliphatic heterocycles. The normalized spacial score (nSPS) is 1.00. The van der Waals surface area contributed by atoms with Crippen LogP contribution < -0.4 is 0 Å². The second-order valence-electron chi connectivity index (χ2n) is 0. The summed E-state index contributed by atoms with van der Waals surface area (Å²) in [5.41, 5.74) is 0. The average molecular weight is 272 g/mol. The SMILES string of the molecule is C=O.[C-]#N.[C-]#N.[C-]#N.[C-]#N.[C-]#N.[Fe+2].[Fe+3]. The maximum atomic E-state index is 8.00. The average Bonchev–Trinajstić information content (AvgIpc) is 2.33. The smallest absolute Gasteiger partial charge is 0.512 e. The van der Waals surface area contributed by atoms with Gasteiger partial charge in [0.2, 0.25) is 0 Å². The third-order valence-electron chi connectivity index (χ3n) is 0. The van der Waals surface area contributed by atoms with Gasteiger partial charge in [-0.25, -0.2) is 0 Å². The summed E-state index contributed by atoms with van der Waals surface area (Å²) in [6.45, 7) is 25.8. The van der Waals surface area contributed by atoms with E-state index in [9.17, 15) is 0 Å². The van der Waals surface area contributed by atoms with Gasteiger partial charge in [-0.1, -0.05) is 0 Å². The van der Waals surface area contributed by atoms with E-state index in [4.69, 9.17) is 64.0 Å². The molecule has 14 heavy (non-hydrogen) atoms. The van der Waals surface area contributed by atoms with Crippen LogP contribution in [0.15, 0.2) is 0 Å². The van der Waals surface area contributed by atoms with Gasteiger partial charge in [0.15, 0.2) is 0 Å². The zero-order valence-corrected chi connectivity index (χ0v) is 8.77. The van der Waals surface area contributed by atoms with Gasteiger partial charge in [0, 0.05) is 0 Å². The second kappa shape index (κ2) is 340. The molecule has 6 nitrogen and oxygen atoms in total. The summed E-state index contributed by atoms with van der Waals surface area (Å²) >= 11 is 0. The largest absolute Gasteiger partial charge is 3.00 e. The van der Waals surface area contributed by atoms with Gasteiger partial charge in [0.25, 0.3) is 0 Å². The van der Waals surface area contributed by atoms with Crippen LogP contribution in [0.25, 0.3) is 0 Å². The summed E-state index contributed by atoms with van der Waals surface area (Å²) < 4.78 is 0. The minimum Gasteiger partial charge on any atom is -0.512 e. The first-order valence-corrected chi connectivity index (χ1v) is 1.41. The van der Waals surface area contributed by atoms with Crippen LogP contribution in [0.2, 0.25) is 0 Å². The molecule has 0 fully saturated rings. The summed E-state index contributed by atoms with van der Waals surface area (Å²) in [6, 6.07) is 0. The monoisotopic (exact) mass is 272 g/mol. The van der Waals surface area contributed by atoms with Crippen LogP contribution in [-0.2, 0) is 38.9 Å². The van der Waals surface area contributed by atoms with Gasteiger partial charge in [-0.05, 0) is 0 Å². The summed E-state index contributed by atoms with van der Waals surface area (Å²) in [5, 5.41) is 31.2. The number of carbonyl (C=O) groups is 1. The summed E-state index contributed by atoms with van der Waals surface area (Å²) in [6.07, 6.45) is 0. The molecule has 0 aromatic rings. The molecule has 0 atom stereocenters. The molecular weight excluding hydrogens is 270 g/mol. The Morgan fingerprint density at radius 2 is 0.571 bits per heavy atom. The first-order valence-electron chi connectivity index (χ1n) is 1.41. The van der Waals surface area contributed by atoms with Crippen LogP contribution in [0.4, 0.5) is 0 Å². The van der Waals surface area contributed by atoms with Gasteiger partial charge in [-0.15, -0.1) is 0 Å². The molecule has 8 heteroatoms. The van der Waals surface area contributed by atoms with Crippen molar-refractivity contribution in [3.05, 3.63) is 32.9 Å². The van der Waals surface area contributed by atoms with Crippen LogP contribution in [0.1, 0.15) is 0 Å². The van der Waals surface area contributed by atoms with Crippen molar-refractivity contribution >= 4 is 6.79 Å². The van der Waals surface area contributed by atoms with Crippen LogP contribution in [0, 0.1) is 59.2 Å². The fraction of sp³-hybridized carbons (Fsp3) is 0. The molecule has 0 aromatic carbocycles. The molecule has 0 saturated heterocycles. The molecule has 73 valence electrons. The molecule has 0 amide bonds. The van der Waals surface area contributed by atoms with E-state index in [-0.39, 0.29) is 34.1 Å². The zero-order chi connectivity index (χ0) is 12.0. The van der Waals surface area contributed by atoms with E-state index in [1.165, 1.54) is 0 Å². The first kappa shape index (κ1) is 87.5. The van der Waals surface area contributed by atoms with E-state index < -0.39 is 0 Å². The minimum atomic E-state index is 0. The molecule has 0 N–H and O–H groups in total. The van der Waals surface area contributed by atoms with Gasteiger partial charge in [0.1, 0.15) is 6.79 Å². The maximum Gasteiger partial charge on any atom is 3.00 e. The Kier molecular flexibility index (Phi) is 2120. The fourth-order valence-electron chi connectivity index (χ4n) is 0. The predicted octanol–water partition coefficient (Wildman–Crippen LogP) is 0.292. The van der Waals surface area contributed by atoms with Gasteiger partial charge >= 0.3 is 34.1 Å². The number of hydrogen-bond acceptors (Lipinski definition) is 6. The number of rotatable bonds is 0. The molecule has 0 unspecified atom stereocenters. The van der Waals surface area contributed by atoms with E-state index in [2.05, 4.69) is 0 Å². The van der Waals surface area contributed by atoms with Crippen molar-refractivity contribution in [3.8, 4) is 0 Å². The van der Waals surface area contributed by atoms with Crippen LogP contribution in [0.5, 0.6) is 0 Å². The first-order chi connectivity index (χ1) is 6.00. The molecule has 0 rings (SSSR count). The Morgan fingerprint density at radius 1 is 0.571 bits per heavy atom. The van der Waals surface area contributed by atoms with Crippen LogP contribution in [-0.4, -0.2) is 6.79 Å². The van der Waals surface area contributed by atoms with E-state index in [1.54, 1.807) is 0 Å². The van der Waals surface area contributed by atoms with Gasteiger partial charge < -0.3 is 64.0 Å². The second-order valence-corrected chi connectivity index (χ2v) is 0. The predicted molar refractivity (Wildman–Crippen MR) is 32.0 cm³/mol. The van der Waals surface area contributed by atoms with Crippen LogP contribution in [0.3, 0.4) is 0 Å². The van der Waals surface area contributed by atoms with E-state index >= 15 is 0 Å². The zero-order valence-electron chi connectivity index (χ0n) is 6.56. The molecule has 0 saturated carbocycles. The Bertz CT molecular complexity index is 93.6. The van der Waals surface area contributed by atoms with Gasteiger partial charge in [0.05, 0.1) is 0 Å².